The maximum Gasteiger partial charge on any atom is 0.271 e. The Morgan fingerprint density at radius 3 is 2.50 bits per heavy atom. The van der Waals surface area contributed by atoms with Crippen molar-refractivity contribution in [2.75, 3.05) is 12.8 Å². The second-order valence-corrected chi connectivity index (χ2v) is 7.17. The topological polar surface area (TPSA) is 109 Å². The molecule has 0 unspecified atom stereocenters. The third kappa shape index (κ3) is 3.39. The van der Waals surface area contributed by atoms with Crippen LogP contribution >= 0.6 is 0 Å². The summed E-state index contributed by atoms with van der Waals surface area (Å²) < 4.78 is 21.8. The number of hydrogen-bond donors (Lipinski definition) is 2. The minimum Gasteiger partial charge on any atom is -0.349 e. The molecule has 1 aromatic heterocycles. The van der Waals surface area contributed by atoms with Crippen LogP contribution in [0.25, 0.3) is 0 Å². The van der Waals surface area contributed by atoms with E-state index in [0.29, 0.717) is 0 Å². The van der Waals surface area contributed by atoms with E-state index in [2.05, 4.69) is 15.5 Å². The quantitative estimate of drug-likeness (QED) is 0.755. The first-order valence-electron chi connectivity index (χ1n) is 5.17. The van der Waals surface area contributed by atoms with Crippen molar-refractivity contribution < 1.29 is 13.2 Å². The second-order valence-electron chi connectivity index (χ2n) is 4.52. The van der Waals surface area contributed by atoms with Gasteiger partial charge < -0.3 is 5.32 Å². The highest BCUT2D eigenvalue weighted by atomic mass is 32.2. The van der Waals surface area contributed by atoms with E-state index in [-0.39, 0.29) is 12.2 Å². The van der Waals surface area contributed by atoms with Crippen molar-refractivity contribution in [3.63, 3.8) is 0 Å². The number of sulfone groups is 1. The number of carbonyl (C=O) groups is 1. The minimum absolute atomic E-state index is 0.0268. The molecule has 2 N–H and O–H groups in total. The standard InChI is InChI=1S/C10H15N3O4S/c1-10(2,18(3,16)17)6-11-9(15)7-4-5-8(14)13-12-7/h4-5H,6H2,1-3H3,(H,11,15)(H,13,14). The molecule has 0 radical (unpaired) electrons. The van der Waals surface area contributed by atoms with Crippen LogP contribution in [0.15, 0.2) is 16.9 Å². The molecule has 0 aliphatic heterocycles. The van der Waals surface area contributed by atoms with Crippen LogP contribution in [0.3, 0.4) is 0 Å². The highest BCUT2D eigenvalue weighted by Gasteiger charge is 2.30. The van der Waals surface area contributed by atoms with Crippen LogP contribution in [0, 0.1) is 0 Å². The number of rotatable bonds is 4. The minimum atomic E-state index is -3.28. The number of hydrogen-bond acceptors (Lipinski definition) is 5. The molecule has 0 aliphatic carbocycles. The van der Waals surface area contributed by atoms with Gasteiger partial charge in [-0.2, -0.15) is 5.10 Å². The molecule has 0 aromatic carbocycles. The summed E-state index contributed by atoms with van der Waals surface area (Å²) in [5.74, 6) is -0.539. The van der Waals surface area contributed by atoms with Gasteiger partial charge in [0.1, 0.15) is 5.69 Å². The lowest BCUT2D eigenvalue weighted by atomic mass is 10.2. The van der Waals surface area contributed by atoms with E-state index in [1.807, 2.05) is 0 Å². The summed E-state index contributed by atoms with van der Waals surface area (Å²) in [6.45, 7) is 3.00. The molecule has 0 saturated heterocycles. The van der Waals surface area contributed by atoms with Gasteiger partial charge in [0.05, 0.1) is 4.75 Å². The van der Waals surface area contributed by atoms with Gasteiger partial charge in [-0.25, -0.2) is 13.5 Å². The third-order valence-corrected chi connectivity index (χ3v) is 4.74. The lowest BCUT2D eigenvalue weighted by molar-refractivity contribution is 0.0944. The molecule has 1 aromatic rings. The molecule has 0 atom stereocenters. The normalized spacial score (nSPS) is 12.2. The van der Waals surface area contributed by atoms with Gasteiger partial charge in [-0.15, -0.1) is 0 Å². The third-order valence-electron chi connectivity index (χ3n) is 2.59. The van der Waals surface area contributed by atoms with Gasteiger partial charge in [-0.3, -0.25) is 9.59 Å². The molecule has 1 amide bonds. The fourth-order valence-electron chi connectivity index (χ4n) is 0.986. The molecule has 0 saturated carbocycles. The van der Waals surface area contributed by atoms with E-state index in [0.717, 1.165) is 6.26 Å². The molecular formula is C10H15N3O4S. The first-order valence-corrected chi connectivity index (χ1v) is 7.06. The van der Waals surface area contributed by atoms with Gasteiger partial charge in [-0.1, -0.05) is 0 Å². The lowest BCUT2D eigenvalue weighted by Gasteiger charge is -2.22. The fourth-order valence-corrected chi connectivity index (χ4v) is 1.32. The van der Waals surface area contributed by atoms with E-state index < -0.39 is 26.1 Å². The summed E-state index contributed by atoms with van der Waals surface area (Å²) in [6, 6.07) is 2.44. The van der Waals surface area contributed by atoms with Crippen LogP contribution in [0.2, 0.25) is 0 Å². The number of aromatic amines is 1. The zero-order valence-corrected chi connectivity index (χ0v) is 11.2. The van der Waals surface area contributed by atoms with Crippen LogP contribution in [0.5, 0.6) is 0 Å². The van der Waals surface area contributed by atoms with Gasteiger partial charge >= 0.3 is 0 Å². The molecule has 100 valence electrons. The molecule has 1 heterocycles. The van der Waals surface area contributed by atoms with E-state index in [1.165, 1.54) is 26.0 Å². The van der Waals surface area contributed by atoms with Crippen molar-refractivity contribution in [2.45, 2.75) is 18.6 Å². The van der Waals surface area contributed by atoms with E-state index in [1.54, 1.807) is 0 Å². The Kier molecular flexibility index (Phi) is 3.90. The Balaban J connectivity index is 2.73. The maximum atomic E-state index is 11.6. The van der Waals surface area contributed by atoms with Crippen molar-refractivity contribution >= 4 is 15.7 Å². The number of nitrogens with one attached hydrogen (secondary N) is 2. The summed E-state index contributed by atoms with van der Waals surface area (Å²) >= 11 is 0. The Morgan fingerprint density at radius 1 is 1.44 bits per heavy atom. The maximum absolute atomic E-state index is 11.6. The molecule has 0 aliphatic rings. The zero-order valence-electron chi connectivity index (χ0n) is 10.4. The Morgan fingerprint density at radius 2 is 2.06 bits per heavy atom. The highest BCUT2D eigenvalue weighted by Crippen LogP contribution is 2.13. The molecule has 18 heavy (non-hydrogen) atoms. The molecular weight excluding hydrogens is 258 g/mol. The zero-order chi connectivity index (χ0) is 14.0. The number of H-pyrrole nitrogens is 1. The van der Waals surface area contributed by atoms with E-state index >= 15 is 0 Å². The van der Waals surface area contributed by atoms with Crippen LogP contribution in [0.4, 0.5) is 0 Å². The van der Waals surface area contributed by atoms with Gasteiger partial charge in [-0.05, 0) is 19.9 Å². The van der Waals surface area contributed by atoms with Gasteiger partial charge in [0.2, 0.25) is 0 Å². The highest BCUT2D eigenvalue weighted by molar-refractivity contribution is 7.92. The summed E-state index contributed by atoms with van der Waals surface area (Å²) in [5, 5.41) is 8.13. The Hall–Kier alpha value is -1.70. The molecule has 0 bridgehead atoms. The summed E-state index contributed by atoms with van der Waals surface area (Å²) in [7, 11) is -3.28. The van der Waals surface area contributed by atoms with Crippen LogP contribution < -0.4 is 10.9 Å². The van der Waals surface area contributed by atoms with E-state index in [9.17, 15) is 18.0 Å². The van der Waals surface area contributed by atoms with Crippen LogP contribution in [0.1, 0.15) is 24.3 Å². The largest absolute Gasteiger partial charge is 0.349 e. The van der Waals surface area contributed by atoms with Crippen molar-refractivity contribution in [2.24, 2.45) is 0 Å². The van der Waals surface area contributed by atoms with Crippen molar-refractivity contribution in [1.82, 2.24) is 15.5 Å². The molecule has 1 rings (SSSR count). The molecule has 0 fully saturated rings. The first-order chi connectivity index (χ1) is 8.13. The summed E-state index contributed by atoms with van der Waals surface area (Å²) in [5.41, 5.74) is -0.387. The number of aromatic nitrogens is 2. The lowest BCUT2D eigenvalue weighted by Crippen LogP contribution is -2.44. The number of nitrogens with zero attached hydrogens (tertiary/aromatic N) is 1. The van der Waals surface area contributed by atoms with E-state index in [4.69, 9.17) is 0 Å². The average Bonchev–Trinajstić information content (AvgIpc) is 2.25. The SMILES string of the molecule is CC(C)(CNC(=O)c1ccc(=O)[nH]n1)S(C)(=O)=O. The van der Waals surface area contributed by atoms with Gasteiger partial charge in [0, 0.05) is 18.9 Å². The summed E-state index contributed by atoms with van der Waals surface area (Å²) in [6.07, 6.45) is 1.11. The number of amides is 1. The van der Waals surface area contributed by atoms with Gasteiger partial charge in [0.25, 0.3) is 11.5 Å². The van der Waals surface area contributed by atoms with Crippen molar-refractivity contribution in [3.05, 3.63) is 28.2 Å². The molecule has 8 heteroatoms. The summed E-state index contributed by atoms with van der Waals surface area (Å²) in [4.78, 5) is 22.4. The van der Waals surface area contributed by atoms with Gasteiger partial charge in [0.15, 0.2) is 9.84 Å². The predicted molar refractivity (Wildman–Crippen MR) is 66.1 cm³/mol. The van der Waals surface area contributed by atoms with Crippen molar-refractivity contribution in [3.8, 4) is 0 Å². The second kappa shape index (κ2) is 4.89. The van der Waals surface area contributed by atoms with Crippen molar-refractivity contribution in [1.29, 1.82) is 0 Å². The smallest absolute Gasteiger partial charge is 0.271 e. The first kappa shape index (κ1) is 14.4. The predicted octanol–water partition coefficient (Wildman–Crippen LogP) is -0.677. The molecule has 7 nitrogen and oxygen atoms in total. The number of carbonyl (C=O) groups excluding carboxylic acids is 1. The monoisotopic (exact) mass is 273 g/mol. The van der Waals surface area contributed by atoms with Crippen LogP contribution in [-0.2, 0) is 9.84 Å². The van der Waals surface area contributed by atoms with Crippen LogP contribution in [-0.4, -0.2) is 42.1 Å². The Labute approximate surface area is 105 Å². The molecule has 0 spiro atoms. The average molecular weight is 273 g/mol. The Bertz CT molecular complexity index is 583. The fraction of sp³-hybridized carbons (Fsp3) is 0.500.